The Morgan fingerprint density at radius 1 is 1.33 bits per heavy atom. The van der Waals surface area contributed by atoms with Crippen molar-refractivity contribution in [3.63, 3.8) is 0 Å². The number of rotatable bonds is 2. The Bertz CT molecular complexity index is 502. The average Bonchev–Trinajstić information content (AvgIpc) is 2.61. The zero-order chi connectivity index (χ0) is 11.0. The van der Waals surface area contributed by atoms with Crippen molar-refractivity contribution in [2.24, 2.45) is 0 Å². The van der Waals surface area contributed by atoms with Gasteiger partial charge in [0.1, 0.15) is 4.70 Å². The van der Waals surface area contributed by atoms with Crippen LogP contribution in [0.5, 0.6) is 0 Å². The Balaban J connectivity index is 2.65. The Morgan fingerprint density at radius 2 is 2.07 bits per heavy atom. The number of thiazole rings is 1. The first kappa shape index (κ1) is 11.0. The standard InChI is InChI=1S/C7H4ClF2N3S2/c1-14-7-13-5-2(15-7)3(8)11-6(12-5)4(9)10/h4H,1H3. The lowest BCUT2D eigenvalue weighted by atomic mass is 10.5. The Morgan fingerprint density at radius 3 is 2.67 bits per heavy atom. The number of nitrogens with zero attached hydrogens (tertiary/aromatic N) is 3. The first-order chi connectivity index (χ1) is 7.11. The van der Waals surface area contributed by atoms with Crippen LogP contribution in [0.3, 0.4) is 0 Å². The molecule has 15 heavy (non-hydrogen) atoms. The van der Waals surface area contributed by atoms with Crippen molar-refractivity contribution < 1.29 is 8.78 Å². The second kappa shape index (κ2) is 4.15. The van der Waals surface area contributed by atoms with Gasteiger partial charge in [-0.1, -0.05) is 23.4 Å². The lowest BCUT2D eigenvalue weighted by Gasteiger charge is -1.97. The van der Waals surface area contributed by atoms with Crippen LogP contribution in [0, 0.1) is 0 Å². The molecule has 8 heteroatoms. The zero-order valence-electron chi connectivity index (χ0n) is 7.37. The van der Waals surface area contributed by atoms with Crippen LogP contribution < -0.4 is 0 Å². The molecule has 0 atom stereocenters. The molecular weight excluding hydrogens is 264 g/mol. The molecule has 0 fully saturated rings. The van der Waals surface area contributed by atoms with Crippen molar-refractivity contribution in [3.05, 3.63) is 11.0 Å². The molecule has 3 nitrogen and oxygen atoms in total. The van der Waals surface area contributed by atoms with Gasteiger partial charge in [0.25, 0.3) is 6.43 Å². The fraction of sp³-hybridized carbons (Fsp3) is 0.286. The molecule has 2 aromatic heterocycles. The minimum atomic E-state index is -2.73. The van der Waals surface area contributed by atoms with Crippen molar-refractivity contribution in [1.29, 1.82) is 0 Å². The number of fused-ring (bicyclic) bond motifs is 1. The Hall–Kier alpha value is -0.530. The van der Waals surface area contributed by atoms with E-state index >= 15 is 0 Å². The van der Waals surface area contributed by atoms with E-state index in [1.54, 1.807) is 0 Å². The lowest BCUT2D eigenvalue weighted by Crippen LogP contribution is -1.95. The fourth-order valence-electron chi connectivity index (χ4n) is 0.973. The molecule has 0 aromatic carbocycles. The summed E-state index contributed by atoms with van der Waals surface area (Å²) in [5, 5.41) is 0.0353. The van der Waals surface area contributed by atoms with Crippen LogP contribution in [0.1, 0.15) is 12.2 Å². The Labute approximate surface area is 96.9 Å². The summed E-state index contributed by atoms with van der Waals surface area (Å²) in [6.45, 7) is 0. The van der Waals surface area contributed by atoms with E-state index in [9.17, 15) is 8.78 Å². The topological polar surface area (TPSA) is 38.7 Å². The molecule has 0 spiro atoms. The predicted molar refractivity (Wildman–Crippen MR) is 57.0 cm³/mol. The van der Waals surface area contributed by atoms with Gasteiger partial charge in [0.05, 0.1) is 0 Å². The van der Waals surface area contributed by atoms with Crippen LogP contribution in [-0.2, 0) is 0 Å². The second-order valence-corrected chi connectivity index (χ2v) is 4.92. The highest BCUT2D eigenvalue weighted by molar-refractivity contribution is 8.00. The van der Waals surface area contributed by atoms with Crippen LogP contribution in [-0.4, -0.2) is 21.2 Å². The number of thioether (sulfide) groups is 1. The maximum absolute atomic E-state index is 12.4. The fourth-order valence-corrected chi connectivity index (χ4v) is 2.64. The van der Waals surface area contributed by atoms with E-state index in [0.29, 0.717) is 4.70 Å². The van der Waals surface area contributed by atoms with Gasteiger partial charge in [0.15, 0.2) is 21.0 Å². The first-order valence-corrected chi connectivity index (χ1v) is 6.20. The third-order valence-corrected chi connectivity index (χ3v) is 4.00. The summed E-state index contributed by atoms with van der Waals surface area (Å²) in [4.78, 5) is 11.2. The summed E-state index contributed by atoms with van der Waals surface area (Å²) in [6, 6.07) is 0. The molecule has 80 valence electrons. The monoisotopic (exact) mass is 267 g/mol. The van der Waals surface area contributed by atoms with Crippen LogP contribution in [0.2, 0.25) is 5.15 Å². The van der Waals surface area contributed by atoms with Gasteiger partial charge in [-0.15, -0.1) is 11.3 Å². The maximum atomic E-state index is 12.4. The van der Waals surface area contributed by atoms with Gasteiger partial charge in [-0.05, 0) is 6.26 Å². The van der Waals surface area contributed by atoms with Crippen LogP contribution >= 0.6 is 34.7 Å². The summed E-state index contributed by atoms with van der Waals surface area (Å²) < 4.78 is 26.0. The lowest BCUT2D eigenvalue weighted by molar-refractivity contribution is 0.140. The zero-order valence-corrected chi connectivity index (χ0v) is 9.76. The highest BCUT2D eigenvalue weighted by Crippen LogP contribution is 2.32. The minimum Gasteiger partial charge on any atom is -0.214 e. The van der Waals surface area contributed by atoms with E-state index in [1.165, 1.54) is 23.1 Å². The number of alkyl halides is 2. The van der Waals surface area contributed by atoms with E-state index in [0.717, 1.165) is 4.34 Å². The van der Waals surface area contributed by atoms with Gasteiger partial charge in [0.2, 0.25) is 0 Å². The number of hydrogen-bond acceptors (Lipinski definition) is 5. The molecule has 2 rings (SSSR count). The predicted octanol–water partition coefficient (Wildman–Crippen LogP) is 3.40. The molecule has 0 aliphatic carbocycles. The molecule has 0 aliphatic rings. The summed E-state index contributed by atoms with van der Waals surface area (Å²) in [6.07, 6.45) is -0.890. The number of halogens is 3. The van der Waals surface area contributed by atoms with Gasteiger partial charge in [-0.2, -0.15) is 0 Å². The van der Waals surface area contributed by atoms with Crippen molar-refractivity contribution in [2.45, 2.75) is 10.8 Å². The molecule has 0 N–H and O–H groups in total. The van der Waals surface area contributed by atoms with Gasteiger partial charge in [0, 0.05) is 0 Å². The molecule has 0 amide bonds. The SMILES string of the molecule is CSc1nc2nc(C(F)F)nc(Cl)c2s1. The molecule has 0 aliphatic heterocycles. The van der Waals surface area contributed by atoms with E-state index in [1.807, 2.05) is 6.26 Å². The molecule has 0 saturated heterocycles. The maximum Gasteiger partial charge on any atom is 0.297 e. The molecule has 2 aromatic rings. The molecule has 0 unspecified atom stereocenters. The summed E-state index contributed by atoms with van der Waals surface area (Å²) >= 11 is 8.46. The van der Waals surface area contributed by atoms with Crippen LogP contribution in [0.4, 0.5) is 8.78 Å². The van der Waals surface area contributed by atoms with Gasteiger partial charge in [-0.25, -0.2) is 23.7 Å². The summed E-state index contributed by atoms with van der Waals surface area (Å²) in [7, 11) is 0. The second-order valence-electron chi connectivity index (χ2n) is 2.51. The quantitative estimate of drug-likeness (QED) is 0.617. The Kier molecular flexibility index (Phi) is 3.03. The van der Waals surface area contributed by atoms with E-state index in [2.05, 4.69) is 15.0 Å². The minimum absolute atomic E-state index is 0.0353. The molecule has 0 radical (unpaired) electrons. The third-order valence-electron chi connectivity index (χ3n) is 1.58. The normalized spacial score (nSPS) is 11.5. The van der Waals surface area contributed by atoms with E-state index in [4.69, 9.17) is 11.6 Å². The molecule has 0 bridgehead atoms. The van der Waals surface area contributed by atoms with Crippen molar-refractivity contribution in [3.8, 4) is 0 Å². The van der Waals surface area contributed by atoms with Crippen molar-refractivity contribution >= 4 is 45.0 Å². The van der Waals surface area contributed by atoms with Crippen molar-refractivity contribution in [2.75, 3.05) is 6.26 Å². The first-order valence-electron chi connectivity index (χ1n) is 3.78. The largest absolute Gasteiger partial charge is 0.297 e. The number of aromatic nitrogens is 3. The smallest absolute Gasteiger partial charge is 0.214 e. The molecule has 2 heterocycles. The van der Waals surface area contributed by atoms with E-state index < -0.39 is 12.2 Å². The van der Waals surface area contributed by atoms with Crippen LogP contribution in [0.25, 0.3) is 10.3 Å². The van der Waals surface area contributed by atoms with Crippen LogP contribution in [0.15, 0.2) is 4.34 Å². The average molecular weight is 268 g/mol. The summed E-state index contributed by atoms with van der Waals surface area (Å²) in [5.74, 6) is -0.578. The van der Waals surface area contributed by atoms with Gasteiger partial charge >= 0.3 is 0 Å². The van der Waals surface area contributed by atoms with E-state index in [-0.39, 0.29) is 10.8 Å². The molecular formula is C7H4ClF2N3S2. The summed E-state index contributed by atoms with van der Waals surface area (Å²) in [5.41, 5.74) is 0.236. The van der Waals surface area contributed by atoms with Gasteiger partial charge in [-0.3, -0.25) is 0 Å². The van der Waals surface area contributed by atoms with Crippen molar-refractivity contribution in [1.82, 2.24) is 15.0 Å². The number of hydrogen-bond donors (Lipinski definition) is 0. The van der Waals surface area contributed by atoms with Gasteiger partial charge < -0.3 is 0 Å². The highest BCUT2D eigenvalue weighted by Gasteiger charge is 2.17. The third kappa shape index (κ3) is 2.04. The highest BCUT2D eigenvalue weighted by atomic mass is 35.5. The molecule has 0 saturated carbocycles.